The first-order chi connectivity index (χ1) is 7.11. The molecule has 1 heterocycles. The molecule has 0 bridgehead atoms. The molecule has 0 saturated heterocycles. The van der Waals surface area contributed by atoms with Crippen molar-refractivity contribution in [3.05, 3.63) is 29.7 Å². The Hall–Kier alpha value is -1.97. The number of carbonyl (C=O) groups is 3. The molecule has 76 valence electrons. The van der Waals surface area contributed by atoms with E-state index in [-0.39, 0.29) is 5.57 Å². The molecule has 1 aliphatic carbocycles. The van der Waals surface area contributed by atoms with Crippen LogP contribution in [0.1, 0.15) is 12.7 Å². The normalized spacial score (nSPS) is 24.2. The molecule has 0 unspecified atom stereocenters. The monoisotopic (exact) mass is 204 g/mol. The van der Waals surface area contributed by atoms with Crippen LogP contribution in [0.4, 0.5) is 0 Å². The third-order valence-electron chi connectivity index (χ3n) is 2.35. The molecule has 1 saturated carbocycles. The first kappa shape index (κ1) is 9.58. The van der Waals surface area contributed by atoms with Crippen molar-refractivity contribution in [2.45, 2.75) is 6.92 Å². The van der Waals surface area contributed by atoms with Crippen LogP contribution in [0.3, 0.4) is 0 Å². The minimum atomic E-state index is -0.848. The summed E-state index contributed by atoms with van der Waals surface area (Å²) in [5.74, 6) is -2.24. The van der Waals surface area contributed by atoms with Gasteiger partial charge in [0.1, 0.15) is 5.76 Å². The number of rotatable bonds is 1. The molecule has 1 aromatic heterocycles. The predicted molar refractivity (Wildman–Crippen MR) is 50.9 cm³/mol. The lowest BCUT2D eigenvalue weighted by molar-refractivity contribution is -0.135. The summed E-state index contributed by atoms with van der Waals surface area (Å²) >= 11 is 0. The van der Waals surface area contributed by atoms with Gasteiger partial charge in [-0.1, -0.05) is 0 Å². The maximum absolute atomic E-state index is 11.5. The Morgan fingerprint density at radius 3 is 2.47 bits per heavy atom. The first-order valence-electron chi connectivity index (χ1n) is 4.49. The summed E-state index contributed by atoms with van der Waals surface area (Å²) in [6.07, 6.45) is 2.74. The molecule has 0 aliphatic heterocycles. The maximum atomic E-state index is 11.5. The van der Waals surface area contributed by atoms with E-state index in [0.29, 0.717) is 5.76 Å². The number of hydrogen-bond acceptors (Lipinski definition) is 4. The van der Waals surface area contributed by atoms with E-state index < -0.39 is 23.3 Å². The van der Waals surface area contributed by atoms with Gasteiger partial charge in [0.25, 0.3) is 0 Å². The molecule has 1 aromatic rings. The van der Waals surface area contributed by atoms with Crippen molar-refractivity contribution in [3.63, 3.8) is 0 Å². The van der Waals surface area contributed by atoms with Gasteiger partial charge < -0.3 is 4.42 Å². The summed E-state index contributed by atoms with van der Waals surface area (Å²) in [6, 6.07) is 3.25. The van der Waals surface area contributed by atoms with Crippen LogP contribution >= 0.6 is 0 Å². The van der Waals surface area contributed by atoms with Crippen molar-refractivity contribution < 1.29 is 18.8 Å². The van der Waals surface area contributed by atoms with Gasteiger partial charge >= 0.3 is 0 Å². The summed E-state index contributed by atoms with van der Waals surface area (Å²) in [7, 11) is 0. The fourth-order valence-corrected chi connectivity index (χ4v) is 1.45. The van der Waals surface area contributed by atoms with Crippen LogP contribution in [0, 0.1) is 5.92 Å². The lowest BCUT2D eigenvalue weighted by atomic mass is 10.1. The SMILES string of the molecule is C[C@@H]1C(=O)C(=O)/C(=C\c2ccco2)C1=O. The second-order valence-electron chi connectivity index (χ2n) is 3.35. The average Bonchev–Trinajstić information content (AvgIpc) is 2.79. The van der Waals surface area contributed by atoms with Crippen molar-refractivity contribution in [1.82, 2.24) is 0 Å². The van der Waals surface area contributed by atoms with E-state index in [1.165, 1.54) is 19.3 Å². The molecule has 1 fully saturated rings. The highest BCUT2D eigenvalue weighted by Crippen LogP contribution is 2.22. The minimum absolute atomic E-state index is 0.0811. The molecule has 15 heavy (non-hydrogen) atoms. The zero-order valence-corrected chi connectivity index (χ0v) is 8.02. The number of hydrogen-bond donors (Lipinski definition) is 0. The summed E-state index contributed by atoms with van der Waals surface area (Å²) in [4.78, 5) is 34.1. The van der Waals surface area contributed by atoms with Gasteiger partial charge in [-0.3, -0.25) is 14.4 Å². The Morgan fingerprint density at radius 1 is 1.27 bits per heavy atom. The van der Waals surface area contributed by atoms with E-state index in [4.69, 9.17) is 4.42 Å². The van der Waals surface area contributed by atoms with Crippen molar-refractivity contribution in [1.29, 1.82) is 0 Å². The second-order valence-corrected chi connectivity index (χ2v) is 3.35. The van der Waals surface area contributed by atoms with Crippen LogP contribution in [0.25, 0.3) is 6.08 Å². The van der Waals surface area contributed by atoms with E-state index in [1.54, 1.807) is 12.1 Å². The fraction of sp³-hybridized carbons (Fsp3) is 0.182. The number of Topliss-reactive ketones (excluding diaryl/α,β-unsaturated/α-hetero) is 3. The van der Waals surface area contributed by atoms with Gasteiger partial charge in [-0.15, -0.1) is 0 Å². The lowest BCUT2D eigenvalue weighted by Crippen LogP contribution is -2.12. The molecule has 4 nitrogen and oxygen atoms in total. The third kappa shape index (κ3) is 1.44. The van der Waals surface area contributed by atoms with Crippen LogP contribution in [-0.2, 0) is 14.4 Å². The van der Waals surface area contributed by atoms with E-state index >= 15 is 0 Å². The van der Waals surface area contributed by atoms with Crippen LogP contribution in [0.2, 0.25) is 0 Å². The van der Waals surface area contributed by atoms with Crippen LogP contribution in [-0.4, -0.2) is 17.3 Å². The Morgan fingerprint density at radius 2 is 2.00 bits per heavy atom. The zero-order valence-electron chi connectivity index (χ0n) is 8.02. The van der Waals surface area contributed by atoms with Gasteiger partial charge in [0.05, 0.1) is 17.8 Å². The van der Waals surface area contributed by atoms with Crippen molar-refractivity contribution in [3.8, 4) is 0 Å². The molecule has 0 aromatic carbocycles. The van der Waals surface area contributed by atoms with E-state index in [0.717, 1.165) is 0 Å². The molecule has 1 atom stereocenters. The van der Waals surface area contributed by atoms with Crippen molar-refractivity contribution >= 4 is 23.4 Å². The summed E-state index contributed by atoms with van der Waals surface area (Å²) in [5, 5.41) is 0. The van der Waals surface area contributed by atoms with Crippen molar-refractivity contribution in [2.75, 3.05) is 0 Å². The largest absolute Gasteiger partial charge is 0.465 e. The number of carbonyl (C=O) groups excluding carboxylic acids is 3. The van der Waals surface area contributed by atoms with Crippen molar-refractivity contribution in [2.24, 2.45) is 5.92 Å². The topological polar surface area (TPSA) is 64.3 Å². The molecular weight excluding hydrogens is 196 g/mol. The van der Waals surface area contributed by atoms with E-state index in [1.807, 2.05) is 0 Å². The first-order valence-corrected chi connectivity index (χ1v) is 4.49. The maximum Gasteiger partial charge on any atom is 0.233 e. The van der Waals surface area contributed by atoms with Gasteiger partial charge in [-0.05, 0) is 25.1 Å². The number of ketones is 3. The molecule has 0 spiro atoms. The van der Waals surface area contributed by atoms with E-state index in [9.17, 15) is 14.4 Å². The summed E-state index contributed by atoms with van der Waals surface area (Å²) in [6.45, 7) is 1.44. The molecule has 0 N–H and O–H groups in total. The molecule has 1 aliphatic rings. The molecule has 2 rings (SSSR count). The number of allylic oxidation sites excluding steroid dienone is 1. The van der Waals surface area contributed by atoms with Crippen LogP contribution in [0.15, 0.2) is 28.4 Å². The highest BCUT2D eigenvalue weighted by molar-refractivity contribution is 6.60. The zero-order chi connectivity index (χ0) is 11.0. The third-order valence-corrected chi connectivity index (χ3v) is 2.35. The highest BCUT2D eigenvalue weighted by Gasteiger charge is 2.41. The van der Waals surface area contributed by atoms with E-state index in [2.05, 4.69) is 0 Å². The Balaban J connectivity index is 2.43. The van der Waals surface area contributed by atoms with Gasteiger partial charge in [-0.2, -0.15) is 0 Å². The smallest absolute Gasteiger partial charge is 0.233 e. The Bertz CT molecular complexity index is 465. The van der Waals surface area contributed by atoms with Gasteiger partial charge in [0.2, 0.25) is 11.6 Å². The number of furan rings is 1. The molecule has 4 heteroatoms. The lowest BCUT2D eigenvalue weighted by Gasteiger charge is -1.91. The fourth-order valence-electron chi connectivity index (χ4n) is 1.45. The molecular formula is C11H8O4. The highest BCUT2D eigenvalue weighted by atomic mass is 16.3. The Labute approximate surface area is 85.6 Å². The predicted octanol–water partition coefficient (Wildman–Crippen LogP) is 1.02. The van der Waals surface area contributed by atoms with Gasteiger partial charge in [0.15, 0.2) is 5.78 Å². The average molecular weight is 204 g/mol. The van der Waals surface area contributed by atoms with Crippen LogP contribution < -0.4 is 0 Å². The standard InChI is InChI=1S/C11H8O4/c1-6-9(12)8(11(14)10(6)13)5-7-3-2-4-15-7/h2-6H,1H3/b8-5-/t6-/m0/s1. The summed E-state index contributed by atoms with van der Waals surface area (Å²) in [5.41, 5.74) is -0.0811. The van der Waals surface area contributed by atoms with Crippen LogP contribution in [0.5, 0.6) is 0 Å². The van der Waals surface area contributed by atoms with Gasteiger partial charge in [0, 0.05) is 0 Å². The summed E-state index contributed by atoms with van der Waals surface area (Å²) < 4.78 is 4.97. The Kier molecular flexibility index (Phi) is 2.11. The quantitative estimate of drug-likeness (QED) is 0.296. The van der Waals surface area contributed by atoms with Gasteiger partial charge in [-0.25, -0.2) is 0 Å². The minimum Gasteiger partial charge on any atom is -0.465 e. The molecule has 0 amide bonds. The molecule has 0 radical (unpaired) electrons. The second kappa shape index (κ2) is 3.31.